The van der Waals surface area contributed by atoms with Crippen LogP contribution in [-0.2, 0) is 17.9 Å². The molecule has 2 aromatic rings. The van der Waals surface area contributed by atoms with E-state index in [1.807, 2.05) is 42.5 Å². The zero-order valence-corrected chi connectivity index (χ0v) is 14.4. The smallest absolute Gasteiger partial charge is 0.275 e. The maximum atomic E-state index is 13.0. The average Bonchev–Trinajstić information content (AvgIpc) is 2.64. The van der Waals surface area contributed by atoms with E-state index in [9.17, 15) is 9.18 Å². The number of piperazine rings is 1. The van der Waals surface area contributed by atoms with E-state index in [-0.39, 0.29) is 11.7 Å². The van der Waals surface area contributed by atoms with E-state index in [0.29, 0.717) is 13.1 Å². The number of hydrogen-bond acceptors (Lipinski definition) is 1. The molecule has 0 spiro atoms. The average molecular weight is 343 g/mol. The minimum Gasteiger partial charge on any atom is -0.347 e. The molecular formula is C20H26FN3O+2. The molecule has 4 nitrogen and oxygen atoms in total. The Kier molecular flexibility index (Phi) is 6.14. The number of rotatable bonds is 6. The van der Waals surface area contributed by atoms with Crippen LogP contribution in [0.15, 0.2) is 54.6 Å². The van der Waals surface area contributed by atoms with Crippen LogP contribution in [0.2, 0.25) is 0 Å². The molecule has 1 aliphatic rings. The van der Waals surface area contributed by atoms with Gasteiger partial charge in [0.15, 0.2) is 6.54 Å². The first-order chi connectivity index (χ1) is 12.2. The zero-order chi connectivity index (χ0) is 17.5. The van der Waals surface area contributed by atoms with Gasteiger partial charge in [-0.05, 0) is 17.7 Å². The van der Waals surface area contributed by atoms with Gasteiger partial charge in [-0.3, -0.25) is 4.79 Å². The molecule has 0 saturated carbocycles. The predicted octanol–water partition coefficient (Wildman–Crippen LogP) is -0.574. The van der Waals surface area contributed by atoms with E-state index in [4.69, 9.17) is 0 Å². The Hall–Kier alpha value is -2.24. The van der Waals surface area contributed by atoms with Crippen molar-refractivity contribution in [2.75, 3.05) is 32.7 Å². The van der Waals surface area contributed by atoms with E-state index >= 15 is 0 Å². The van der Waals surface area contributed by atoms with Gasteiger partial charge in [0, 0.05) is 12.1 Å². The van der Waals surface area contributed by atoms with Crippen molar-refractivity contribution < 1.29 is 19.0 Å². The van der Waals surface area contributed by atoms with Crippen molar-refractivity contribution in [3.63, 3.8) is 0 Å². The second-order valence-corrected chi connectivity index (χ2v) is 6.74. The highest BCUT2D eigenvalue weighted by Gasteiger charge is 2.24. The van der Waals surface area contributed by atoms with Crippen LogP contribution in [0.5, 0.6) is 0 Å². The molecule has 132 valence electrons. The summed E-state index contributed by atoms with van der Waals surface area (Å²) in [6.45, 7) is 6.13. The van der Waals surface area contributed by atoms with Gasteiger partial charge in [-0.1, -0.05) is 42.5 Å². The number of carbonyl (C=O) groups is 1. The first-order valence-corrected chi connectivity index (χ1v) is 8.91. The highest BCUT2D eigenvalue weighted by Crippen LogP contribution is 2.00. The molecule has 0 unspecified atom stereocenters. The molecule has 1 saturated heterocycles. The lowest BCUT2D eigenvalue weighted by atomic mass is 10.2. The SMILES string of the molecule is O=C(C[NH+]1CC[NH+](Cc2ccc(F)cc2)CC1)NCc1ccccc1. The molecule has 25 heavy (non-hydrogen) atoms. The minimum atomic E-state index is -0.186. The molecule has 1 aliphatic heterocycles. The fourth-order valence-electron chi connectivity index (χ4n) is 3.29. The van der Waals surface area contributed by atoms with Crippen molar-refractivity contribution in [1.29, 1.82) is 0 Å². The Morgan fingerprint density at radius 2 is 1.52 bits per heavy atom. The Morgan fingerprint density at radius 3 is 2.20 bits per heavy atom. The lowest BCUT2D eigenvalue weighted by molar-refractivity contribution is -1.02. The molecule has 3 rings (SSSR count). The molecule has 2 aromatic carbocycles. The number of quaternary nitrogens is 2. The molecule has 0 bridgehead atoms. The highest BCUT2D eigenvalue weighted by molar-refractivity contribution is 5.76. The van der Waals surface area contributed by atoms with Crippen LogP contribution in [0.4, 0.5) is 4.39 Å². The lowest BCUT2D eigenvalue weighted by Gasteiger charge is -2.29. The van der Waals surface area contributed by atoms with Gasteiger partial charge in [0.1, 0.15) is 38.5 Å². The molecule has 0 atom stereocenters. The second-order valence-electron chi connectivity index (χ2n) is 6.74. The van der Waals surface area contributed by atoms with Gasteiger partial charge in [0.05, 0.1) is 0 Å². The molecule has 0 radical (unpaired) electrons. The van der Waals surface area contributed by atoms with Crippen LogP contribution in [-0.4, -0.2) is 38.6 Å². The van der Waals surface area contributed by atoms with E-state index < -0.39 is 0 Å². The van der Waals surface area contributed by atoms with Gasteiger partial charge in [-0.25, -0.2) is 4.39 Å². The quantitative estimate of drug-likeness (QED) is 0.646. The lowest BCUT2D eigenvalue weighted by Crippen LogP contribution is -3.28. The van der Waals surface area contributed by atoms with Gasteiger partial charge in [0.25, 0.3) is 5.91 Å². The number of hydrogen-bond donors (Lipinski definition) is 3. The van der Waals surface area contributed by atoms with E-state index in [1.165, 1.54) is 27.5 Å². The Labute approximate surface area is 148 Å². The van der Waals surface area contributed by atoms with Crippen LogP contribution >= 0.6 is 0 Å². The summed E-state index contributed by atoms with van der Waals surface area (Å²) in [5, 5.41) is 3.00. The summed E-state index contributed by atoms with van der Waals surface area (Å²) in [6, 6.07) is 16.7. The highest BCUT2D eigenvalue weighted by atomic mass is 19.1. The molecule has 0 aliphatic carbocycles. The first kappa shape index (κ1) is 17.6. The van der Waals surface area contributed by atoms with Crippen molar-refractivity contribution in [2.45, 2.75) is 13.1 Å². The third kappa shape index (κ3) is 5.66. The summed E-state index contributed by atoms with van der Waals surface area (Å²) >= 11 is 0. The monoisotopic (exact) mass is 343 g/mol. The van der Waals surface area contributed by atoms with E-state index in [2.05, 4.69) is 5.32 Å². The van der Waals surface area contributed by atoms with Crippen molar-refractivity contribution in [3.8, 4) is 0 Å². The summed E-state index contributed by atoms with van der Waals surface area (Å²) in [5.74, 6) is -0.0737. The topological polar surface area (TPSA) is 38.0 Å². The zero-order valence-electron chi connectivity index (χ0n) is 14.4. The van der Waals surface area contributed by atoms with Crippen molar-refractivity contribution in [2.24, 2.45) is 0 Å². The second kappa shape index (κ2) is 8.74. The fourth-order valence-corrected chi connectivity index (χ4v) is 3.29. The van der Waals surface area contributed by atoms with Gasteiger partial charge < -0.3 is 15.1 Å². The third-order valence-corrected chi connectivity index (χ3v) is 4.77. The molecule has 1 amide bonds. The number of amides is 1. The number of halogens is 1. The van der Waals surface area contributed by atoms with E-state index in [0.717, 1.165) is 38.3 Å². The number of carbonyl (C=O) groups excluding carboxylic acids is 1. The van der Waals surface area contributed by atoms with Crippen LogP contribution < -0.4 is 15.1 Å². The van der Waals surface area contributed by atoms with Crippen LogP contribution in [0.25, 0.3) is 0 Å². The van der Waals surface area contributed by atoms with Gasteiger partial charge in [-0.15, -0.1) is 0 Å². The first-order valence-electron chi connectivity index (χ1n) is 8.91. The molecule has 5 heteroatoms. The van der Waals surface area contributed by atoms with Crippen LogP contribution in [0.1, 0.15) is 11.1 Å². The van der Waals surface area contributed by atoms with Crippen LogP contribution in [0.3, 0.4) is 0 Å². The molecule has 1 fully saturated rings. The maximum Gasteiger partial charge on any atom is 0.275 e. The third-order valence-electron chi connectivity index (χ3n) is 4.77. The number of benzene rings is 2. The van der Waals surface area contributed by atoms with Crippen molar-refractivity contribution >= 4 is 5.91 Å². The Morgan fingerprint density at radius 1 is 0.880 bits per heavy atom. The normalized spacial score (nSPS) is 20.2. The summed E-state index contributed by atoms with van der Waals surface area (Å²) in [6.07, 6.45) is 0. The molecule has 0 aromatic heterocycles. The largest absolute Gasteiger partial charge is 0.347 e. The predicted molar refractivity (Wildman–Crippen MR) is 94.7 cm³/mol. The van der Waals surface area contributed by atoms with E-state index in [1.54, 1.807) is 0 Å². The Balaban J connectivity index is 1.37. The van der Waals surface area contributed by atoms with Crippen molar-refractivity contribution in [1.82, 2.24) is 5.32 Å². The number of nitrogens with one attached hydrogen (secondary N) is 3. The van der Waals surface area contributed by atoms with Crippen molar-refractivity contribution in [3.05, 3.63) is 71.5 Å². The summed E-state index contributed by atoms with van der Waals surface area (Å²) < 4.78 is 13.0. The van der Waals surface area contributed by atoms with Gasteiger partial charge in [-0.2, -0.15) is 0 Å². The van der Waals surface area contributed by atoms with Gasteiger partial charge in [0.2, 0.25) is 0 Å². The summed E-state index contributed by atoms with van der Waals surface area (Å²) in [5.41, 5.74) is 2.29. The van der Waals surface area contributed by atoms with Gasteiger partial charge >= 0.3 is 0 Å². The molecule has 3 N–H and O–H groups in total. The minimum absolute atomic E-state index is 0.112. The maximum absolute atomic E-state index is 13.0. The molecular weight excluding hydrogens is 317 g/mol. The summed E-state index contributed by atoms with van der Waals surface area (Å²) in [7, 11) is 0. The standard InChI is InChI=1S/C20H24FN3O/c21-19-8-6-18(7-9-19)15-23-10-12-24(13-11-23)16-20(25)22-14-17-4-2-1-3-5-17/h1-9H,10-16H2,(H,22,25)/p+2. The molecule has 1 heterocycles. The van der Waals surface area contributed by atoms with Crippen LogP contribution in [0, 0.1) is 5.82 Å². The fraction of sp³-hybridized carbons (Fsp3) is 0.350. The summed E-state index contributed by atoms with van der Waals surface area (Å²) in [4.78, 5) is 15.0. The Bertz CT molecular complexity index is 667.